The molecule has 0 fully saturated rings. The summed E-state index contributed by atoms with van der Waals surface area (Å²) < 4.78 is 5.50. The van der Waals surface area contributed by atoms with E-state index in [4.69, 9.17) is 16.3 Å². The van der Waals surface area contributed by atoms with Crippen LogP contribution in [0.25, 0.3) is 11.3 Å². The molecule has 0 aliphatic carbocycles. The molecule has 0 aliphatic rings. The first-order valence-corrected chi connectivity index (χ1v) is 8.82. The van der Waals surface area contributed by atoms with Gasteiger partial charge in [0.1, 0.15) is 6.61 Å². The zero-order valence-corrected chi connectivity index (χ0v) is 15.5. The van der Waals surface area contributed by atoms with Gasteiger partial charge in [0.05, 0.1) is 12.2 Å². The first kappa shape index (κ1) is 18.7. The molecule has 0 saturated carbocycles. The Bertz CT molecular complexity index is 899. The number of amides is 2. The van der Waals surface area contributed by atoms with Crippen molar-refractivity contribution in [1.29, 1.82) is 0 Å². The number of urea groups is 1. The summed E-state index contributed by atoms with van der Waals surface area (Å²) >= 11 is 5.88. The number of halogens is 1. The number of nitrogens with zero attached hydrogens (tertiary/aromatic N) is 2. The number of benzene rings is 2. The third-order valence-corrected chi connectivity index (χ3v) is 3.94. The molecule has 0 spiro atoms. The summed E-state index contributed by atoms with van der Waals surface area (Å²) in [5.41, 5.74) is 3.59. The van der Waals surface area contributed by atoms with Crippen LogP contribution in [-0.2, 0) is 0 Å². The minimum Gasteiger partial charge on any atom is -0.475 e. The molecule has 2 aromatic carbocycles. The Kier molecular flexibility index (Phi) is 6.22. The summed E-state index contributed by atoms with van der Waals surface area (Å²) in [5.74, 6) is 0.405. The number of hydrogen-bond donors (Lipinski definition) is 2. The summed E-state index contributed by atoms with van der Waals surface area (Å²) in [5, 5.41) is 14.2. The highest BCUT2D eigenvalue weighted by Gasteiger charge is 2.04. The average molecular weight is 383 g/mol. The maximum atomic E-state index is 11.8. The molecule has 0 radical (unpaired) electrons. The van der Waals surface area contributed by atoms with Gasteiger partial charge in [0.15, 0.2) is 0 Å². The zero-order valence-electron chi connectivity index (χ0n) is 14.8. The molecule has 0 bridgehead atoms. The topological polar surface area (TPSA) is 76.1 Å². The number of aromatic nitrogens is 2. The number of aryl methyl sites for hydroxylation is 1. The number of ether oxygens (including phenoxy) is 1. The molecule has 138 valence electrons. The summed E-state index contributed by atoms with van der Waals surface area (Å²) in [6.07, 6.45) is 0. The second-order valence-corrected chi connectivity index (χ2v) is 6.30. The number of nitrogens with one attached hydrogen (secondary N) is 2. The summed E-state index contributed by atoms with van der Waals surface area (Å²) in [7, 11) is 0. The third kappa shape index (κ3) is 5.69. The molecule has 3 aromatic rings. The van der Waals surface area contributed by atoms with Crippen LogP contribution in [-0.4, -0.2) is 29.4 Å². The smallest absolute Gasteiger partial charge is 0.319 e. The molecule has 0 aliphatic heterocycles. The van der Waals surface area contributed by atoms with Crippen molar-refractivity contribution in [2.75, 3.05) is 18.5 Å². The zero-order chi connectivity index (χ0) is 19.1. The van der Waals surface area contributed by atoms with E-state index < -0.39 is 0 Å². The van der Waals surface area contributed by atoms with Crippen molar-refractivity contribution in [3.63, 3.8) is 0 Å². The van der Waals surface area contributed by atoms with Crippen LogP contribution in [0.3, 0.4) is 0 Å². The van der Waals surface area contributed by atoms with Crippen molar-refractivity contribution >= 4 is 23.3 Å². The largest absolute Gasteiger partial charge is 0.475 e. The predicted molar refractivity (Wildman–Crippen MR) is 106 cm³/mol. The molecule has 1 heterocycles. The van der Waals surface area contributed by atoms with E-state index in [1.807, 2.05) is 37.3 Å². The van der Waals surface area contributed by atoms with Gasteiger partial charge in [-0.05, 0) is 31.2 Å². The van der Waals surface area contributed by atoms with Gasteiger partial charge in [-0.2, -0.15) is 0 Å². The molecule has 6 nitrogen and oxygen atoms in total. The highest BCUT2D eigenvalue weighted by molar-refractivity contribution is 6.30. The SMILES string of the molecule is Cc1ccc(-c2ccc(OCCNC(=O)Nc3cccc(Cl)c3)nn2)cc1. The van der Waals surface area contributed by atoms with Gasteiger partial charge in [-0.1, -0.05) is 47.5 Å². The molecule has 1 aromatic heterocycles. The van der Waals surface area contributed by atoms with E-state index >= 15 is 0 Å². The third-order valence-electron chi connectivity index (χ3n) is 3.71. The average Bonchev–Trinajstić information content (AvgIpc) is 2.66. The molecule has 27 heavy (non-hydrogen) atoms. The van der Waals surface area contributed by atoms with Gasteiger partial charge in [0, 0.05) is 22.3 Å². The van der Waals surface area contributed by atoms with E-state index in [0.29, 0.717) is 23.1 Å². The van der Waals surface area contributed by atoms with Crippen LogP contribution in [0.1, 0.15) is 5.56 Å². The maximum absolute atomic E-state index is 11.8. The number of anilines is 1. The molecule has 0 atom stereocenters. The lowest BCUT2D eigenvalue weighted by atomic mass is 10.1. The summed E-state index contributed by atoms with van der Waals surface area (Å²) in [6.45, 7) is 2.64. The normalized spacial score (nSPS) is 10.3. The fraction of sp³-hybridized carbons (Fsp3) is 0.150. The fourth-order valence-electron chi connectivity index (χ4n) is 2.34. The molecule has 2 N–H and O–H groups in total. The Labute approximate surface area is 162 Å². The van der Waals surface area contributed by atoms with Gasteiger partial charge in [-0.15, -0.1) is 10.2 Å². The van der Waals surface area contributed by atoms with Crippen molar-refractivity contribution in [3.8, 4) is 17.1 Å². The van der Waals surface area contributed by atoms with Crippen LogP contribution in [0.5, 0.6) is 5.88 Å². The molecule has 2 amide bonds. The second-order valence-electron chi connectivity index (χ2n) is 5.86. The van der Waals surface area contributed by atoms with Crippen LogP contribution >= 0.6 is 11.6 Å². The Morgan fingerprint density at radius 1 is 1.07 bits per heavy atom. The molecule has 0 saturated heterocycles. The lowest BCUT2D eigenvalue weighted by Gasteiger charge is -2.09. The first-order valence-electron chi connectivity index (χ1n) is 8.44. The van der Waals surface area contributed by atoms with Crippen LogP contribution in [0.4, 0.5) is 10.5 Å². The number of rotatable bonds is 6. The summed E-state index contributed by atoms with van der Waals surface area (Å²) in [6, 6.07) is 18.3. The Hall–Kier alpha value is -3.12. The van der Waals surface area contributed by atoms with Crippen LogP contribution in [0.2, 0.25) is 5.02 Å². The molecular formula is C20H19ClN4O2. The highest BCUT2D eigenvalue weighted by atomic mass is 35.5. The lowest BCUT2D eigenvalue weighted by molar-refractivity contribution is 0.246. The van der Waals surface area contributed by atoms with Crippen LogP contribution in [0, 0.1) is 6.92 Å². The Morgan fingerprint density at radius 2 is 1.89 bits per heavy atom. The van der Waals surface area contributed by atoms with E-state index in [1.165, 1.54) is 5.56 Å². The van der Waals surface area contributed by atoms with Gasteiger partial charge >= 0.3 is 6.03 Å². The van der Waals surface area contributed by atoms with Crippen molar-refractivity contribution in [2.45, 2.75) is 6.92 Å². The second kappa shape index (κ2) is 9.00. The minimum atomic E-state index is -0.332. The van der Waals surface area contributed by atoms with Crippen LogP contribution in [0.15, 0.2) is 60.7 Å². The Morgan fingerprint density at radius 3 is 2.59 bits per heavy atom. The number of hydrogen-bond acceptors (Lipinski definition) is 4. The van der Waals surface area contributed by atoms with Gasteiger partial charge < -0.3 is 15.4 Å². The number of carbonyl (C=O) groups is 1. The van der Waals surface area contributed by atoms with E-state index in [0.717, 1.165) is 11.3 Å². The molecular weight excluding hydrogens is 364 g/mol. The quantitative estimate of drug-likeness (QED) is 0.623. The Balaban J connectivity index is 1.42. The minimum absolute atomic E-state index is 0.279. The fourth-order valence-corrected chi connectivity index (χ4v) is 2.53. The van der Waals surface area contributed by atoms with Gasteiger partial charge in [-0.25, -0.2) is 4.79 Å². The van der Waals surface area contributed by atoms with E-state index in [1.54, 1.807) is 30.3 Å². The van der Waals surface area contributed by atoms with E-state index in [9.17, 15) is 4.79 Å². The van der Waals surface area contributed by atoms with Gasteiger partial charge in [-0.3, -0.25) is 0 Å². The molecule has 3 rings (SSSR count). The highest BCUT2D eigenvalue weighted by Crippen LogP contribution is 2.18. The van der Waals surface area contributed by atoms with Crippen molar-refractivity contribution in [2.24, 2.45) is 0 Å². The van der Waals surface area contributed by atoms with Crippen molar-refractivity contribution in [3.05, 3.63) is 71.2 Å². The van der Waals surface area contributed by atoms with Gasteiger partial charge in [0.25, 0.3) is 0 Å². The molecule has 7 heteroatoms. The van der Waals surface area contributed by atoms with Crippen molar-refractivity contribution in [1.82, 2.24) is 15.5 Å². The first-order chi connectivity index (χ1) is 13.1. The lowest BCUT2D eigenvalue weighted by Crippen LogP contribution is -2.32. The summed E-state index contributed by atoms with van der Waals surface area (Å²) in [4.78, 5) is 11.8. The maximum Gasteiger partial charge on any atom is 0.319 e. The predicted octanol–water partition coefficient (Wildman–Crippen LogP) is 4.31. The van der Waals surface area contributed by atoms with E-state index in [-0.39, 0.29) is 12.6 Å². The molecule has 0 unspecified atom stereocenters. The van der Waals surface area contributed by atoms with Crippen LogP contribution < -0.4 is 15.4 Å². The van der Waals surface area contributed by atoms with Gasteiger partial charge in [0.2, 0.25) is 5.88 Å². The standard InChI is InChI=1S/C20H19ClN4O2/c1-14-5-7-15(8-6-14)18-9-10-19(25-24-18)27-12-11-22-20(26)23-17-4-2-3-16(21)13-17/h2-10,13H,11-12H2,1H3,(H2,22,23,26). The van der Waals surface area contributed by atoms with E-state index in [2.05, 4.69) is 20.8 Å². The van der Waals surface area contributed by atoms with Crippen molar-refractivity contribution < 1.29 is 9.53 Å². The number of carbonyl (C=O) groups excluding carboxylic acids is 1. The monoisotopic (exact) mass is 382 g/mol.